The van der Waals surface area contributed by atoms with Crippen molar-refractivity contribution in [2.45, 2.75) is 39.0 Å². The molecule has 0 spiro atoms. The highest BCUT2D eigenvalue weighted by Gasteiger charge is 2.43. The molecule has 1 aliphatic carbocycles. The van der Waals surface area contributed by atoms with Crippen molar-refractivity contribution in [1.82, 2.24) is 4.90 Å². The fourth-order valence-electron chi connectivity index (χ4n) is 2.75. The SMILES string of the molecule is CC1(C(=O)O)CCN(C(=O)C2CCCC2)C1. The Morgan fingerprint density at radius 2 is 1.94 bits per heavy atom. The van der Waals surface area contributed by atoms with Gasteiger partial charge < -0.3 is 10.0 Å². The summed E-state index contributed by atoms with van der Waals surface area (Å²) in [6.07, 6.45) is 4.83. The van der Waals surface area contributed by atoms with Crippen LogP contribution in [0.3, 0.4) is 0 Å². The average Bonchev–Trinajstić information content (AvgIpc) is 2.85. The molecule has 1 atom stereocenters. The van der Waals surface area contributed by atoms with Gasteiger partial charge in [-0.05, 0) is 26.2 Å². The maximum Gasteiger partial charge on any atom is 0.311 e. The van der Waals surface area contributed by atoms with Crippen LogP contribution in [0.2, 0.25) is 0 Å². The van der Waals surface area contributed by atoms with E-state index in [2.05, 4.69) is 0 Å². The number of carboxylic acid groups (broad SMARTS) is 1. The molecule has 1 amide bonds. The maximum absolute atomic E-state index is 12.1. The quantitative estimate of drug-likeness (QED) is 0.774. The van der Waals surface area contributed by atoms with Crippen molar-refractivity contribution >= 4 is 11.9 Å². The van der Waals surface area contributed by atoms with Gasteiger partial charge in [0.25, 0.3) is 0 Å². The highest BCUT2D eigenvalue weighted by molar-refractivity contribution is 5.82. The topological polar surface area (TPSA) is 57.6 Å². The third-order valence-corrected chi connectivity index (χ3v) is 4.01. The zero-order valence-electron chi connectivity index (χ0n) is 9.74. The second kappa shape index (κ2) is 4.07. The Bertz CT molecular complexity index is 309. The smallest absolute Gasteiger partial charge is 0.311 e. The molecule has 1 N–H and O–H groups in total. The fraction of sp³-hybridized carbons (Fsp3) is 0.833. The molecule has 1 saturated heterocycles. The molecule has 0 aromatic carbocycles. The van der Waals surface area contributed by atoms with Crippen molar-refractivity contribution in [3.05, 3.63) is 0 Å². The Morgan fingerprint density at radius 3 is 2.44 bits per heavy atom. The zero-order valence-corrected chi connectivity index (χ0v) is 9.74. The largest absolute Gasteiger partial charge is 0.481 e. The summed E-state index contributed by atoms with van der Waals surface area (Å²) in [5, 5.41) is 9.10. The van der Waals surface area contributed by atoms with E-state index in [9.17, 15) is 9.59 Å². The number of aliphatic carboxylic acids is 1. The molecule has 2 rings (SSSR count). The van der Waals surface area contributed by atoms with E-state index in [1.165, 1.54) is 0 Å². The van der Waals surface area contributed by atoms with Crippen molar-refractivity contribution in [3.8, 4) is 0 Å². The molecule has 0 radical (unpaired) electrons. The Morgan fingerprint density at radius 1 is 1.31 bits per heavy atom. The third kappa shape index (κ3) is 1.93. The number of hydrogen-bond acceptors (Lipinski definition) is 2. The van der Waals surface area contributed by atoms with Gasteiger partial charge >= 0.3 is 5.97 Å². The number of amides is 1. The van der Waals surface area contributed by atoms with Crippen LogP contribution in [-0.4, -0.2) is 35.0 Å². The Labute approximate surface area is 95.6 Å². The van der Waals surface area contributed by atoms with E-state index in [1.54, 1.807) is 11.8 Å². The second-order valence-corrected chi connectivity index (χ2v) is 5.36. The van der Waals surface area contributed by atoms with Crippen LogP contribution in [0.1, 0.15) is 39.0 Å². The van der Waals surface area contributed by atoms with Crippen LogP contribution in [-0.2, 0) is 9.59 Å². The van der Waals surface area contributed by atoms with E-state index in [0.29, 0.717) is 19.5 Å². The third-order valence-electron chi connectivity index (χ3n) is 4.01. The van der Waals surface area contributed by atoms with Crippen molar-refractivity contribution in [1.29, 1.82) is 0 Å². The highest BCUT2D eigenvalue weighted by Crippen LogP contribution is 2.33. The Kier molecular flexibility index (Phi) is 2.91. The minimum atomic E-state index is -0.783. The second-order valence-electron chi connectivity index (χ2n) is 5.36. The summed E-state index contributed by atoms with van der Waals surface area (Å²) >= 11 is 0. The van der Waals surface area contributed by atoms with E-state index in [-0.39, 0.29) is 11.8 Å². The summed E-state index contributed by atoms with van der Waals surface area (Å²) in [5.41, 5.74) is -0.728. The van der Waals surface area contributed by atoms with Crippen molar-refractivity contribution in [2.24, 2.45) is 11.3 Å². The van der Waals surface area contributed by atoms with E-state index in [4.69, 9.17) is 5.11 Å². The number of rotatable bonds is 2. The summed E-state index contributed by atoms with van der Waals surface area (Å²) in [4.78, 5) is 24.9. The number of hydrogen-bond donors (Lipinski definition) is 1. The number of nitrogens with zero attached hydrogens (tertiary/aromatic N) is 1. The van der Waals surface area contributed by atoms with Crippen LogP contribution >= 0.6 is 0 Å². The monoisotopic (exact) mass is 225 g/mol. The molecule has 0 aromatic rings. The minimum Gasteiger partial charge on any atom is -0.481 e. The van der Waals surface area contributed by atoms with E-state index in [1.807, 2.05) is 0 Å². The van der Waals surface area contributed by atoms with Gasteiger partial charge in [0.05, 0.1) is 5.41 Å². The predicted octanol–water partition coefficient (Wildman–Crippen LogP) is 1.50. The first kappa shape index (κ1) is 11.4. The molecule has 0 bridgehead atoms. The molecule has 2 fully saturated rings. The molecule has 0 aromatic heterocycles. The Balaban J connectivity index is 1.97. The number of likely N-dealkylation sites (tertiary alicyclic amines) is 1. The van der Waals surface area contributed by atoms with E-state index in [0.717, 1.165) is 25.7 Å². The normalized spacial score (nSPS) is 30.9. The van der Waals surface area contributed by atoms with Gasteiger partial charge in [0.2, 0.25) is 5.91 Å². The lowest BCUT2D eigenvalue weighted by atomic mass is 9.90. The number of carboxylic acids is 1. The molecule has 4 nitrogen and oxygen atoms in total. The molecule has 4 heteroatoms. The molecule has 1 unspecified atom stereocenters. The highest BCUT2D eigenvalue weighted by atomic mass is 16.4. The lowest BCUT2D eigenvalue weighted by molar-refractivity contribution is -0.147. The lowest BCUT2D eigenvalue weighted by Gasteiger charge is -2.22. The molecule has 90 valence electrons. The fourth-order valence-corrected chi connectivity index (χ4v) is 2.75. The van der Waals surface area contributed by atoms with Gasteiger partial charge in [0.15, 0.2) is 0 Å². The van der Waals surface area contributed by atoms with Gasteiger partial charge in [0, 0.05) is 19.0 Å². The first-order chi connectivity index (χ1) is 7.53. The minimum absolute atomic E-state index is 0.163. The summed E-state index contributed by atoms with van der Waals surface area (Å²) in [6.45, 7) is 2.73. The molecule has 1 aliphatic heterocycles. The lowest BCUT2D eigenvalue weighted by Crippen LogP contribution is -2.37. The van der Waals surface area contributed by atoms with Crippen LogP contribution in [0.25, 0.3) is 0 Å². The van der Waals surface area contributed by atoms with Crippen molar-refractivity contribution in [2.75, 3.05) is 13.1 Å². The van der Waals surface area contributed by atoms with Gasteiger partial charge in [-0.25, -0.2) is 0 Å². The van der Waals surface area contributed by atoms with Crippen LogP contribution in [0.5, 0.6) is 0 Å². The van der Waals surface area contributed by atoms with Gasteiger partial charge in [0.1, 0.15) is 0 Å². The average molecular weight is 225 g/mol. The number of carbonyl (C=O) groups excluding carboxylic acids is 1. The molecular formula is C12H19NO3. The van der Waals surface area contributed by atoms with Gasteiger partial charge in [-0.2, -0.15) is 0 Å². The van der Waals surface area contributed by atoms with Crippen molar-refractivity contribution < 1.29 is 14.7 Å². The number of carbonyl (C=O) groups is 2. The van der Waals surface area contributed by atoms with Crippen LogP contribution in [0, 0.1) is 11.3 Å². The van der Waals surface area contributed by atoms with Crippen LogP contribution < -0.4 is 0 Å². The Hall–Kier alpha value is -1.06. The molecule has 16 heavy (non-hydrogen) atoms. The molecule has 1 saturated carbocycles. The van der Waals surface area contributed by atoms with Crippen molar-refractivity contribution in [3.63, 3.8) is 0 Å². The summed E-state index contributed by atoms with van der Waals surface area (Å²) < 4.78 is 0. The summed E-state index contributed by atoms with van der Waals surface area (Å²) in [5.74, 6) is -0.437. The standard InChI is InChI=1S/C12H19NO3/c1-12(11(15)16)6-7-13(8-12)10(14)9-4-2-3-5-9/h9H,2-8H2,1H3,(H,15,16). The zero-order chi connectivity index (χ0) is 11.8. The van der Waals surface area contributed by atoms with Gasteiger partial charge in [-0.1, -0.05) is 12.8 Å². The maximum atomic E-state index is 12.1. The first-order valence-corrected chi connectivity index (χ1v) is 6.05. The first-order valence-electron chi connectivity index (χ1n) is 6.05. The molecule has 1 heterocycles. The van der Waals surface area contributed by atoms with Crippen LogP contribution in [0.4, 0.5) is 0 Å². The molecule has 2 aliphatic rings. The van der Waals surface area contributed by atoms with Gasteiger partial charge in [-0.3, -0.25) is 9.59 Å². The summed E-state index contributed by atoms with van der Waals surface area (Å²) in [6, 6.07) is 0. The van der Waals surface area contributed by atoms with E-state index >= 15 is 0 Å². The van der Waals surface area contributed by atoms with Crippen LogP contribution in [0.15, 0.2) is 0 Å². The summed E-state index contributed by atoms with van der Waals surface area (Å²) in [7, 11) is 0. The van der Waals surface area contributed by atoms with E-state index < -0.39 is 11.4 Å². The molecular weight excluding hydrogens is 206 g/mol. The predicted molar refractivity (Wildman–Crippen MR) is 58.9 cm³/mol. The van der Waals surface area contributed by atoms with Gasteiger partial charge in [-0.15, -0.1) is 0 Å².